The van der Waals surface area contributed by atoms with E-state index in [0.29, 0.717) is 17.9 Å². The molecule has 1 heterocycles. The first-order valence-electron chi connectivity index (χ1n) is 7.87. The number of hydrogen-bond acceptors (Lipinski definition) is 5. The Morgan fingerprint density at radius 2 is 1.92 bits per heavy atom. The van der Waals surface area contributed by atoms with Crippen LogP contribution in [-0.4, -0.2) is 45.5 Å². The molecular weight excluding hydrogens is 322 g/mol. The summed E-state index contributed by atoms with van der Waals surface area (Å²) in [6, 6.07) is 6.96. The van der Waals surface area contributed by atoms with Gasteiger partial charge in [-0.05, 0) is 23.6 Å². The smallest absolute Gasteiger partial charge is 0.341 e. The number of carboxylic acid groups (broad SMARTS) is 1. The molecule has 0 spiro atoms. The number of aromatic nitrogens is 2. The van der Waals surface area contributed by atoms with Gasteiger partial charge in [-0.2, -0.15) is 0 Å². The fourth-order valence-electron chi connectivity index (χ4n) is 2.35. The average Bonchev–Trinajstić information content (AvgIpc) is 2.60. The molecule has 132 valence electrons. The summed E-state index contributed by atoms with van der Waals surface area (Å²) in [6.07, 6.45) is 2.99. The summed E-state index contributed by atoms with van der Waals surface area (Å²) in [7, 11) is 1.72. The molecule has 25 heavy (non-hydrogen) atoms. The molecule has 0 bridgehead atoms. The van der Waals surface area contributed by atoms with Crippen molar-refractivity contribution in [2.75, 3.05) is 13.7 Å². The minimum absolute atomic E-state index is 0.126. The number of nitrogens with zero attached hydrogens (tertiary/aromatic N) is 3. The van der Waals surface area contributed by atoms with Crippen molar-refractivity contribution in [1.82, 2.24) is 14.9 Å². The van der Waals surface area contributed by atoms with Crippen LogP contribution in [0.25, 0.3) is 0 Å². The van der Waals surface area contributed by atoms with Gasteiger partial charge in [-0.15, -0.1) is 0 Å². The predicted octanol–water partition coefficient (Wildman–Crippen LogP) is 2.34. The van der Waals surface area contributed by atoms with Crippen molar-refractivity contribution in [2.45, 2.75) is 26.3 Å². The van der Waals surface area contributed by atoms with E-state index in [-0.39, 0.29) is 18.4 Å². The number of hydrogen-bond donors (Lipinski definition) is 1. The summed E-state index contributed by atoms with van der Waals surface area (Å²) < 4.78 is 5.09. The summed E-state index contributed by atoms with van der Waals surface area (Å²) in [6.45, 7) is 3.98. The van der Waals surface area contributed by atoms with Crippen LogP contribution in [-0.2, 0) is 11.3 Å². The highest BCUT2D eigenvalue weighted by Gasteiger charge is 2.19. The van der Waals surface area contributed by atoms with Gasteiger partial charge in [-0.25, -0.2) is 14.8 Å². The second-order valence-electron chi connectivity index (χ2n) is 5.96. The summed E-state index contributed by atoms with van der Waals surface area (Å²) in [5, 5.41) is 8.60. The van der Waals surface area contributed by atoms with Crippen molar-refractivity contribution in [3.05, 3.63) is 53.6 Å². The number of benzene rings is 1. The van der Waals surface area contributed by atoms with Crippen LogP contribution in [0.4, 0.5) is 0 Å². The lowest BCUT2D eigenvalue weighted by Crippen LogP contribution is -2.27. The molecule has 0 radical (unpaired) electrons. The van der Waals surface area contributed by atoms with E-state index in [4.69, 9.17) is 9.84 Å². The molecule has 0 aliphatic heterocycles. The SMILES string of the molecule is CC(C)c1ncncc1C(=O)N(C)Cc1ccc(OCC(=O)O)cc1. The largest absolute Gasteiger partial charge is 0.482 e. The first-order valence-corrected chi connectivity index (χ1v) is 7.87. The van der Waals surface area contributed by atoms with Crippen LogP contribution < -0.4 is 4.74 Å². The first kappa shape index (κ1) is 18.4. The molecule has 0 aliphatic rings. The number of ether oxygens (including phenoxy) is 1. The van der Waals surface area contributed by atoms with Gasteiger partial charge in [0.2, 0.25) is 0 Å². The highest BCUT2D eigenvalue weighted by atomic mass is 16.5. The third kappa shape index (κ3) is 5.00. The Labute approximate surface area is 146 Å². The van der Waals surface area contributed by atoms with Gasteiger partial charge >= 0.3 is 5.97 Å². The van der Waals surface area contributed by atoms with Gasteiger partial charge in [0, 0.05) is 19.8 Å². The van der Waals surface area contributed by atoms with Gasteiger partial charge in [0.25, 0.3) is 5.91 Å². The number of aliphatic carboxylic acids is 1. The van der Waals surface area contributed by atoms with Gasteiger partial charge in [-0.1, -0.05) is 26.0 Å². The van der Waals surface area contributed by atoms with Crippen molar-refractivity contribution in [2.24, 2.45) is 0 Å². The number of carboxylic acids is 1. The van der Waals surface area contributed by atoms with E-state index in [9.17, 15) is 9.59 Å². The van der Waals surface area contributed by atoms with Crippen molar-refractivity contribution in [3.8, 4) is 5.75 Å². The van der Waals surface area contributed by atoms with E-state index in [1.807, 2.05) is 13.8 Å². The zero-order valence-corrected chi connectivity index (χ0v) is 14.5. The normalized spacial score (nSPS) is 10.6. The minimum Gasteiger partial charge on any atom is -0.482 e. The molecule has 0 unspecified atom stereocenters. The molecule has 1 aromatic carbocycles. The molecule has 0 aliphatic carbocycles. The van der Waals surface area contributed by atoms with E-state index in [2.05, 4.69) is 9.97 Å². The second-order valence-corrected chi connectivity index (χ2v) is 5.96. The fraction of sp³-hybridized carbons (Fsp3) is 0.333. The molecule has 2 rings (SSSR count). The van der Waals surface area contributed by atoms with Crippen LogP contribution in [0.1, 0.15) is 41.4 Å². The van der Waals surface area contributed by atoms with Crippen LogP contribution in [0, 0.1) is 0 Å². The number of carbonyl (C=O) groups is 2. The maximum Gasteiger partial charge on any atom is 0.341 e. The summed E-state index contributed by atoms with van der Waals surface area (Å²) >= 11 is 0. The number of rotatable bonds is 7. The maximum absolute atomic E-state index is 12.7. The summed E-state index contributed by atoms with van der Waals surface area (Å²) in [5.41, 5.74) is 2.13. The van der Waals surface area contributed by atoms with Gasteiger partial charge in [0.05, 0.1) is 11.3 Å². The Morgan fingerprint density at radius 3 is 2.52 bits per heavy atom. The van der Waals surface area contributed by atoms with Gasteiger partial charge in [0.15, 0.2) is 6.61 Å². The lowest BCUT2D eigenvalue weighted by atomic mass is 10.0. The van der Waals surface area contributed by atoms with Crippen LogP contribution >= 0.6 is 0 Å². The molecule has 1 amide bonds. The zero-order valence-electron chi connectivity index (χ0n) is 14.5. The maximum atomic E-state index is 12.7. The Morgan fingerprint density at radius 1 is 1.24 bits per heavy atom. The topological polar surface area (TPSA) is 92.6 Å². The summed E-state index contributed by atoms with van der Waals surface area (Å²) in [5.74, 6) is -0.573. The lowest BCUT2D eigenvalue weighted by Gasteiger charge is -2.19. The highest BCUT2D eigenvalue weighted by molar-refractivity contribution is 5.94. The molecular formula is C18H21N3O4. The van der Waals surface area contributed by atoms with Crippen molar-refractivity contribution in [3.63, 3.8) is 0 Å². The Balaban J connectivity index is 2.05. The summed E-state index contributed by atoms with van der Waals surface area (Å²) in [4.78, 5) is 32.9. The van der Waals surface area contributed by atoms with Crippen LogP contribution in [0.3, 0.4) is 0 Å². The van der Waals surface area contributed by atoms with Crippen molar-refractivity contribution in [1.29, 1.82) is 0 Å². The Bertz CT molecular complexity index is 744. The third-order valence-corrected chi connectivity index (χ3v) is 3.57. The Kier molecular flexibility index (Phi) is 6.05. The van der Waals surface area contributed by atoms with Gasteiger partial charge in [-0.3, -0.25) is 4.79 Å². The standard InChI is InChI=1S/C18H21N3O4/c1-12(2)17-15(8-19-11-20-17)18(24)21(3)9-13-4-6-14(7-5-13)25-10-16(22)23/h4-8,11-12H,9-10H2,1-3H3,(H,22,23). The van der Waals surface area contributed by atoms with Crippen molar-refractivity contribution < 1.29 is 19.4 Å². The highest BCUT2D eigenvalue weighted by Crippen LogP contribution is 2.18. The predicted molar refractivity (Wildman–Crippen MR) is 91.5 cm³/mol. The van der Waals surface area contributed by atoms with E-state index in [1.165, 1.54) is 6.33 Å². The van der Waals surface area contributed by atoms with E-state index in [0.717, 1.165) is 11.3 Å². The second kappa shape index (κ2) is 8.23. The van der Waals surface area contributed by atoms with Crippen LogP contribution in [0.5, 0.6) is 5.75 Å². The fourth-order valence-corrected chi connectivity index (χ4v) is 2.35. The molecule has 1 N–H and O–H groups in total. The molecule has 1 aromatic heterocycles. The molecule has 7 heteroatoms. The molecule has 0 fully saturated rings. The number of carbonyl (C=O) groups excluding carboxylic acids is 1. The Hall–Kier alpha value is -2.96. The average molecular weight is 343 g/mol. The van der Waals surface area contributed by atoms with E-state index >= 15 is 0 Å². The molecule has 0 saturated heterocycles. The molecule has 0 saturated carbocycles. The molecule has 7 nitrogen and oxygen atoms in total. The zero-order chi connectivity index (χ0) is 18.4. The molecule has 2 aromatic rings. The van der Waals surface area contributed by atoms with Crippen LogP contribution in [0.15, 0.2) is 36.8 Å². The quantitative estimate of drug-likeness (QED) is 0.829. The van der Waals surface area contributed by atoms with Crippen molar-refractivity contribution >= 4 is 11.9 Å². The minimum atomic E-state index is -1.03. The number of amides is 1. The van der Waals surface area contributed by atoms with E-state index < -0.39 is 5.97 Å². The van der Waals surface area contributed by atoms with Gasteiger partial charge < -0.3 is 14.7 Å². The monoisotopic (exact) mass is 343 g/mol. The lowest BCUT2D eigenvalue weighted by molar-refractivity contribution is -0.139. The van der Waals surface area contributed by atoms with Gasteiger partial charge in [0.1, 0.15) is 12.1 Å². The van der Waals surface area contributed by atoms with Crippen LogP contribution in [0.2, 0.25) is 0 Å². The first-order chi connectivity index (χ1) is 11.9. The third-order valence-electron chi connectivity index (χ3n) is 3.57. The van der Waals surface area contributed by atoms with E-state index in [1.54, 1.807) is 42.4 Å². The molecule has 0 atom stereocenters.